The summed E-state index contributed by atoms with van der Waals surface area (Å²) in [4.78, 5) is 11.7. The van der Waals surface area contributed by atoms with Gasteiger partial charge >= 0.3 is 5.97 Å². The van der Waals surface area contributed by atoms with Crippen molar-refractivity contribution in [3.63, 3.8) is 0 Å². The molecule has 2 N–H and O–H groups in total. The number of ether oxygens (including phenoxy) is 1. The molecule has 2 aromatic rings. The van der Waals surface area contributed by atoms with Crippen molar-refractivity contribution >= 4 is 17.3 Å². The molecule has 2 rings (SSSR count). The standard InChI is InChI=1S/C19H23NO3/c1-11(2)23-16-8-6-7-15(17(16)19(21)22)20-18-13(4)9-12(3)10-14(18)5/h6-11,20H,1-5H3,(H,21,22). The molecule has 0 saturated heterocycles. The highest BCUT2D eigenvalue weighted by Crippen LogP contribution is 2.32. The van der Waals surface area contributed by atoms with E-state index in [1.165, 1.54) is 5.56 Å². The Morgan fingerprint density at radius 1 is 1.13 bits per heavy atom. The molecule has 0 atom stereocenters. The summed E-state index contributed by atoms with van der Waals surface area (Å²) in [6.07, 6.45) is -0.0915. The number of rotatable bonds is 5. The molecule has 0 unspecified atom stereocenters. The van der Waals surface area contributed by atoms with Gasteiger partial charge in [-0.05, 0) is 57.9 Å². The van der Waals surface area contributed by atoms with Crippen LogP contribution in [-0.2, 0) is 0 Å². The van der Waals surface area contributed by atoms with Crippen molar-refractivity contribution in [2.24, 2.45) is 0 Å². The second-order valence-corrected chi connectivity index (χ2v) is 6.05. The van der Waals surface area contributed by atoms with Gasteiger partial charge in [-0.15, -0.1) is 0 Å². The fourth-order valence-electron chi connectivity index (χ4n) is 2.72. The largest absolute Gasteiger partial charge is 0.490 e. The topological polar surface area (TPSA) is 58.6 Å². The Labute approximate surface area is 137 Å². The first kappa shape index (κ1) is 16.9. The predicted octanol–water partition coefficient (Wildman–Crippen LogP) is 4.84. The molecular formula is C19H23NO3. The fourth-order valence-corrected chi connectivity index (χ4v) is 2.72. The van der Waals surface area contributed by atoms with Crippen molar-refractivity contribution in [1.29, 1.82) is 0 Å². The zero-order valence-corrected chi connectivity index (χ0v) is 14.2. The molecule has 0 bridgehead atoms. The second kappa shape index (κ2) is 6.73. The number of aromatic carboxylic acids is 1. The summed E-state index contributed by atoms with van der Waals surface area (Å²) in [5, 5.41) is 12.9. The molecule has 23 heavy (non-hydrogen) atoms. The summed E-state index contributed by atoms with van der Waals surface area (Å²) >= 11 is 0. The van der Waals surface area contributed by atoms with Crippen molar-refractivity contribution in [2.45, 2.75) is 40.7 Å². The minimum absolute atomic E-state index is 0.0915. The number of hydrogen-bond donors (Lipinski definition) is 2. The van der Waals surface area contributed by atoms with Crippen LogP contribution in [0, 0.1) is 20.8 Å². The normalized spacial score (nSPS) is 10.7. The first-order valence-corrected chi connectivity index (χ1v) is 7.67. The van der Waals surface area contributed by atoms with Crippen LogP contribution < -0.4 is 10.1 Å². The zero-order valence-electron chi connectivity index (χ0n) is 14.2. The maximum Gasteiger partial charge on any atom is 0.341 e. The van der Waals surface area contributed by atoms with E-state index in [1.54, 1.807) is 18.2 Å². The Kier molecular flexibility index (Phi) is 4.94. The SMILES string of the molecule is Cc1cc(C)c(Nc2cccc(OC(C)C)c2C(=O)O)c(C)c1. The van der Waals surface area contributed by atoms with Gasteiger partial charge in [-0.2, -0.15) is 0 Å². The molecular weight excluding hydrogens is 290 g/mol. The van der Waals surface area contributed by atoms with Crippen LogP contribution in [0.2, 0.25) is 0 Å². The molecule has 0 amide bonds. The van der Waals surface area contributed by atoms with Crippen LogP contribution >= 0.6 is 0 Å². The molecule has 0 aliphatic heterocycles. The van der Waals surface area contributed by atoms with Gasteiger partial charge in [0.25, 0.3) is 0 Å². The number of anilines is 2. The summed E-state index contributed by atoms with van der Waals surface area (Å²) in [7, 11) is 0. The van der Waals surface area contributed by atoms with Crippen molar-refractivity contribution in [3.8, 4) is 5.75 Å². The van der Waals surface area contributed by atoms with Crippen LogP contribution in [0.15, 0.2) is 30.3 Å². The number of benzene rings is 2. The average Bonchev–Trinajstić information content (AvgIpc) is 2.41. The molecule has 2 aromatic carbocycles. The van der Waals surface area contributed by atoms with Crippen LogP contribution in [-0.4, -0.2) is 17.2 Å². The molecule has 0 radical (unpaired) electrons. The fraction of sp³-hybridized carbons (Fsp3) is 0.316. The van der Waals surface area contributed by atoms with E-state index in [2.05, 4.69) is 17.4 Å². The van der Waals surface area contributed by atoms with E-state index in [9.17, 15) is 9.90 Å². The maximum atomic E-state index is 11.7. The highest BCUT2D eigenvalue weighted by atomic mass is 16.5. The first-order chi connectivity index (χ1) is 10.8. The van der Waals surface area contributed by atoms with Gasteiger partial charge < -0.3 is 15.2 Å². The Bertz CT molecular complexity index is 712. The van der Waals surface area contributed by atoms with E-state index in [-0.39, 0.29) is 11.7 Å². The van der Waals surface area contributed by atoms with E-state index < -0.39 is 5.97 Å². The Morgan fingerprint density at radius 2 is 1.74 bits per heavy atom. The lowest BCUT2D eigenvalue weighted by molar-refractivity contribution is 0.0692. The third-order valence-corrected chi connectivity index (χ3v) is 3.54. The number of carboxylic acids is 1. The summed E-state index contributed by atoms with van der Waals surface area (Å²) in [6.45, 7) is 9.82. The van der Waals surface area contributed by atoms with E-state index in [0.29, 0.717) is 11.4 Å². The van der Waals surface area contributed by atoms with Crippen LogP contribution in [0.1, 0.15) is 40.9 Å². The molecule has 0 aliphatic carbocycles. The van der Waals surface area contributed by atoms with Crippen molar-refractivity contribution in [3.05, 3.63) is 52.6 Å². The summed E-state index contributed by atoms with van der Waals surface area (Å²) in [5.74, 6) is -0.633. The lowest BCUT2D eigenvalue weighted by Crippen LogP contribution is -2.12. The Morgan fingerprint density at radius 3 is 2.26 bits per heavy atom. The maximum absolute atomic E-state index is 11.7. The molecule has 122 valence electrons. The summed E-state index contributed by atoms with van der Waals surface area (Å²) in [5.41, 5.74) is 4.95. The highest BCUT2D eigenvalue weighted by molar-refractivity contribution is 5.98. The Hall–Kier alpha value is -2.49. The second-order valence-electron chi connectivity index (χ2n) is 6.05. The minimum Gasteiger partial charge on any atom is -0.490 e. The molecule has 0 spiro atoms. The van der Waals surface area contributed by atoms with E-state index in [1.807, 2.05) is 34.6 Å². The van der Waals surface area contributed by atoms with E-state index in [0.717, 1.165) is 16.8 Å². The van der Waals surface area contributed by atoms with Gasteiger partial charge in [0, 0.05) is 5.69 Å². The quantitative estimate of drug-likeness (QED) is 0.829. The van der Waals surface area contributed by atoms with Gasteiger partial charge in [-0.3, -0.25) is 0 Å². The monoisotopic (exact) mass is 313 g/mol. The average molecular weight is 313 g/mol. The van der Waals surface area contributed by atoms with Crippen molar-refractivity contribution in [1.82, 2.24) is 0 Å². The number of nitrogens with one attached hydrogen (secondary N) is 1. The van der Waals surface area contributed by atoms with Crippen LogP contribution in [0.25, 0.3) is 0 Å². The van der Waals surface area contributed by atoms with Crippen LogP contribution in [0.4, 0.5) is 11.4 Å². The smallest absolute Gasteiger partial charge is 0.341 e. The van der Waals surface area contributed by atoms with Crippen LogP contribution in [0.5, 0.6) is 5.75 Å². The first-order valence-electron chi connectivity index (χ1n) is 7.67. The third kappa shape index (κ3) is 3.83. The molecule has 4 nitrogen and oxygen atoms in total. The van der Waals surface area contributed by atoms with Crippen molar-refractivity contribution < 1.29 is 14.6 Å². The van der Waals surface area contributed by atoms with Gasteiger partial charge in [0.15, 0.2) is 0 Å². The van der Waals surface area contributed by atoms with Gasteiger partial charge in [0.05, 0.1) is 11.8 Å². The molecule has 0 aromatic heterocycles. The molecule has 0 aliphatic rings. The minimum atomic E-state index is -1.01. The van der Waals surface area contributed by atoms with Gasteiger partial charge in [-0.25, -0.2) is 4.79 Å². The highest BCUT2D eigenvalue weighted by Gasteiger charge is 2.18. The lowest BCUT2D eigenvalue weighted by Gasteiger charge is -2.18. The number of aryl methyl sites for hydroxylation is 3. The molecule has 4 heteroatoms. The van der Waals surface area contributed by atoms with Crippen LogP contribution in [0.3, 0.4) is 0 Å². The summed E-state index contributed by atoms with van der Waals surface area (Å²) < 4.78 is 5.64. The molecule has 0 fully saturated rings. The van der Waals surface area contributed by atoms with Gasteiger partial charge in [0.1, 0.15) is 11.3 Å². The number of hydrogen-bond acceptors (Lipinski definition) is 3. The Balaban J connectivity index is 2.50. The lowest BCUT2D eigenvalue weighted by atomic mass is 10.0. The van der Waals surface area contributed by atoms with E-state index >= 15 is 0 Å². The van der Waals surface area contributed by atoms with Gasteiger partial charge in [0.2, 0.25) is 0 Å². The predicted molar refractivity (Wildman–Crippen MR) is 93.1 cm³/mol. The van der Waals surface area contributed by atoms with Crippen molar-refractivity contribution in [2.75, 3.05) is 5.32 Å². The molecule has 0 heterocycles. The number of carbonyl (C=O) groups is 1. The van der Waals surface area contributed by atoms with E-state index in [4.69, 9.17) is 4.74 Å². The zero-order chi connectivity index (χ0) is 17.1. The number of carboxylic acid groups (broad SMARTS) is 1. The van der Waals surface area contributed by atoms with Gasteiger partial charge in [-0.1, -0.05) is 23.8 Å². The summed E-state index contributed by atoms with van der Waals surface area (Å²) in [6, 6.07) is 9.39. The third-order valence-electron chi connectivity index (χ3n) is 3.54. The molecule has 0 saturated carbocycles.